The number of nitrogens with one attached hydrogen (secondary N) is 10. The maximum absolute atomic E-state index is 15.5. The Balaban J connectivity index is 0.00000377. The van der Waals surface area contributed by atoms with Gasteiger partial charge in [-0.3, -0.25) is 57.7 Å². The summed E-state index contributed by atoms with van der Waals surface area (Å²) in [5.74, 6) is -22.9. The van der Waals surface area contributed by atoms with Gasteiger partial charge >= 0.3 is 30.3 Å². The Labute approximate surface area is 616 Å². The average Bonchev–Trinajstić information content (AvgIpc) is 0.798. The van der Waals surface area contributed by atoms with Crippen molar-refractivity contribution >= 4 is 88.8 Å². The number of aliphatic carboxylic acids is 2. The van der Waals surface area contributed by atoms with Crippen molar-refractivity contribution in [2.24, 2.45) is 51.6 Å². The molecule has 2 aromatic carbocycles. The predicted molar refractivity (Wildman–Crippen MR) is 369 cm³/mol. The third kappa shape index (κ3) is 32.8. The monoisotopic (exact) mass is 1550 g/mol. The van der Waals surface area contributed by atoms with Crippen molar-refractivity contribution in [2.75, 3.05) is 19.7 Å². The van der Waals surface area contributed by atoms with E-state index >= 15 is 9.59 Å². The van der Waals surface area contributed by atoms with Crippen molar-refractivity contribution in [3.63, 3.8) is 0 Å². The number of guanidine groups is 1. The summed E-state index contributed by atoms with van der Waals surface area (Å²) >= 11 is 0. The zero-order chi connectivity index (χ0) is 83.1. The molecule has 0 aliphatic carbocycles. The van der Waals surface area contributed by atoms with Crippen LogP contribution in [0.3, 0.4) is 0 Å². The fraction of sp³-hybridized carbons (Fsp3) is 0.591. The van der Waals surface area contributed by atoms with Crippen LogP contribution in [0.25, 0.3) is 0 Å². The van der Waals surface area contributed by atoms with Gasteiger partial charge in [-0.05, 0) is 80.8 Å². The number of hydrogen-bond acceptors (Lipinski definition) is 21. The lowest BCUT2D eigenvalue weighted by atomic mass is 9.88. The highest BCUT2D eigenvalue weighted by Crippen LogP contribution is 2.27. The van der Waals surface area contributed by atoms with Gasteiger partial charge in [-0.25, -0.2) is 14.4 Å². The van der Waals surface area contributed by atoms with Crippen molar-refractivity contribution in [3.05, 3.63) is 71.8 Å². The second kappa shape index (κ2) is 44.7. The standard InChI is InChI=1S/C62H97N15O17.2C2HF3O2/c1-11-33(8)42-55(88)74-43(34(9)79)54(87)68-28-41(80)72-45(48(82)50(64)83)57(90)71-40(29-78)59(92)94-49(36-21-16-13-17-22-36)46(76-60(93)62(10,27-31(4)5)77-51(84)37(63)26-35-19-14-12-15-20-35)58(91)75-44(47(81)32(6)7)56(89)70-39(25-30(2)3)53(86)69-38(52(85)73-42)23-18-24-67-61(65)66;2*3-2(4,5)1(6)7/h12-17,19-22,30-34,37-40,42-49,78-79,81-82H,11,18,23-29,63H2,1-10H3,(H2,64,83)(H,68,87)(H,69,86)(H,70,89)(H,71,90)(H,72,80)(H,73,85)(H,74,88)(H,75,91)(H,76,93)(H,77,84)(H4,65,66,67);2*(H,6,7)/t33-,34-,37+,38+,39-,40-,42-,43-,44-,45-,46-,47+,48-,49+,62-;;/m0../s1. The van der Waals surface area contributed by atoms with E-state index in [1.807, 2.05) is 10.6 Å². The lowest BCUT2D eigenvalue weighted by Crippen LogP contribution is -2.66. The first-order chi connectivity index (χ1) is 49.9. The number of carbonyl (C=O) groups is 14. The number of carbonyl (C=O) groups excluding carboxylic acids is 12. The Morgan fingerprint density at radius 2 is 1.11 bits per heavy atom. The number of alkyl halides is 6. The number of esters is 1. The lowest BCUT2D eigenvalue weighted by Gasteiger charge is -2.36. The highest BCUT2D eigenvalue weighted by atomic mass is 19.4. The van der Waals surface area contributed by atoms with E-state index in [1.54, 1.807) is 71.9 Å². The van der Waals surface area contributed by atoms with Gasteiger partial charge in [0.2, 0.25) is 65.0 Å². The number of carboxylic acids is 2. The van der Waals surface area contributed by atoms with E-state index in [0.717, 1.165) is 6.92 Å². The van der Waals surface area contributed by atoms with E-state index in [0.29, 0.717) is 5.56 Å². The SMILES string of the molecule is CC[C@H](C)[C@@H]1NC(=O)[C@@H](CCCN=C(N)N)NC(=O)[C@H](CC(C)C)NC(=O)[C@H]([C@H](O)C(C)C)NC(=O)[C@@H](NC(=O)[C@](C)(CC(C)C)NC(=O)[C@H](N)Cc2ccccc2)[C@@H](c2ccccc2)OC(=O)[C@H](CO)NC(=O)[C@H]([C@H](O)C(N)=O)NC(=O)CNC(=O)[C@H]([C@H](C)O)NC1=O.O=C(O)C(F)(F)F.O=C(O)C(F)(F)F. The molecule has 0 radical (unpaired) electrons. The summed E-state index contributed by atoms with van der Waals surface area (Å²) in [5, 5.41) is 82.7. The van der Waals surface area contributed by atoms with Gasteiger partial charge in [0, 0.05) is 6.54 Å². The molecule has 36 nitrogen and oxygen atoms in total. The Bertz CT molecular complexity index is 3390. The Hall–Kier alpha value is -10.3. The number of cyclic esters (lactones) is 1. The molecule has 1 aliphatic rings. The van der Waals surface area contributed by atoms with Crippen LogP contribution in [0.1, 0.15) is 119 Å². The number of benzene rings is 2. The molecule has 42 heteroatoms. The molecule has 1 aliphatic heterocycles. The zero-order valence-corrected chi connectivity index (χ0v) is 60.8. The minimum absolute atomic E-state index is 0.0283. The first-order valence-corrected chi connectivity index (χ1v) is 33.6. The fourth-order valence-corrected chi connectivity index (χ4v) is 10.0. The molecular formula is C66H99F6N15O21. The molecule has 0 bridgehead atoms. The summed E-state index contributed by atoms with van der Waals surface area (Å²) < 4.78 is 69.4. The van der Waals surface area contributed by atoms with Crippen molar-refractivity contribution in [2.45, 2.75) is 204 Å². The van der Waals surface area contributed by atoms with Crippen LogP contribution in [0.5, 0.6) is 0 Å². The molecule has 1 saturated heterocycles. The number of aliphatic hydroxyl groups excluding tert-OH is 4. The van der Waals surface area contributed by atoms with E-state index in [2.05, 4.69) is 47.5 Å². The highest BCUT2D eigenvalue weighted by molar-refractivity contribution is 6.01. The number of aliphatic hydroxyl groups is 4. The molecule has 24 N–H and O–H groups in total. The smallest absolute Gasteiger partial charge is 0.475 e. The van der Waals surface area contributed by atoms with Crippen LogP contribution >= 0.6 is 0 Å². The Morgan fingerprint density at radius 3 is 1.58 bits per heavy atom. The van der Waals surface area contributed by atoms with Gasteiger partial charge in [0.1, 0.15) is 47.8 Å². The summed E-state index contributed by atoms with van der Waals surface area (Å²) in [7, 11) is 0. The van der Waals surface area contributed by atoms with Gasteiger partial charge in [0.05, 0.1) is 31.4 Å². The number of rotatable bonds is 23. The number of amides is 11. The third-order valence-corrected chi connectivity index (χ3v) is 15.9. The van der Waals surface area contributed by atoms with Crippen LogP contribution in [0.4, 0.5) is 26.3 Å². The van der Waals surface area contributed by atoms with E-state index in [9.17, 15) is 94.7 Å². The maximum atomic E-state index is 15.5. The van der Waals surface area contributed by atoms with Crippen molar-refractivity contribution in [1.82, 2.24) is 53.2 Å². The Kier molecular flexibility index (Phi) is 39.6. The number of nitrogens with zero attached hydrogens (tertiary/aromatic N) is 1. The van der Waals surface area contributed by atoms with Crippen LogP contribution in [0.15, 0.2) is 65.7 Å². The molecule has 3 rings (SSSR count). The summed E-state index contributed by atoms with van der Waals surface area (Å²) in [6.45, 7) is 13.0. The molecule has 108 heavy (non-hydrogen) atoms. The lowest BCUT2D eigenvalue weighted by molar-refractivity contribution is -0.193. The molecule has 1 heterocycles. The van der Waals surface area contributed by atoms with Crippen molar-refractivity contribution in [1.29, 1.82) is 0 Å². The quantitative estimate of drug-likeness (QED) is 0.0168. The van der Waals surface area contributed by atoms with Crippen LogP contribution in [-0.4, -0.2) is 230 Å². The van der Waals surface area contributed by atoms with E-state index < -0.39 is 210 Å². The van der Waals surface area contributed by atoms with Gasteiger partial charge < -0.3 is 111 Å². The van der Waals surface area contributed by atoms with E-state index in [1.165, 1.54) is 51.1 Å². The molecule has 0 unspecified atom stereocenters. The van der Waals surface area contributed by atoms with Gasteiger partial charge in [0.15, 0.2) is 24.2 Å². The predicted octanol–water partition coefficient (Wildman–Crippen LogP) is -3.58. The number of ether oxygens (including phenoxy) is 1. The number of hydrogen-bond donors (Lipinski definition) is 20. The van der Waals surface area contributed by atoms with Crippen LogP contribution in [0.2, 0.25) is 0 Å². The summed E-state index contributed by atoms with van der Waals surface area (Å²) in [4.78, 5) is 193. The minimum atomic E-state index is -5.08. The number of primary amides is 1. The molecule has 606 valence electrons. The van der Waals surface area contributed by atoms with E-state index in [4.69, 9.17) is 47.5 Å². The van der Waals surface area contributed by atoms with Crippen LogP contribution in [0, 0.1) is 23.7 Å². The number of halogens is 6. The number of carboxylic acid groups (broad SMARTS) is 2. The molecule has 15 atom stereocenters. The van der Waals surface area contributed by atoms with Crippen LogP contribution in [-0.2, 0) is 78.3 Å². The molecule has 0 saturated carbocycles. The van der Waals surface area contributed by atoms with Gasteiger partial charge in [0.25, 0.3) is 0 Å². The second-order valence-electron chi connectivity index (χ2n) is 26.4. The van der Waals surface area contributed by atoms with Gasteiger partial charge in [-0.15, -0.1) is 0 Å². The molecular weight excluding hydrogens is 1450 g/mol. The Morgan fingerprint density at radius 1 is 0.630 bits per heavy atom. The molecule has 0 aromatic heterocycles. The van der Waals surface area contributed by atoms with E-state index in [-0.39, 0.29) is 62.5 Å². The second-order valence-corrected chi connectivity index (χ2v) is 26.4. The van der Waals surface area contributed by atoms with Gasteiger partial charge in [-0.1, -0.05) is 122 Å². The fourth-order valence-electron chi connectivity index (χ4n) is 10.0. The molecule has 1 fully saturated rings. The highest BCUT2D eigenvalue weighted by Gasteiger charge is 2.46. The van der Waals surface area contributed by atoms with Crippen molar-refractivity contribution < 1.29 is 129 Å². The maximum Gasteiger partial charge on any atom is 0.490 e. The largest absolute Gasteiger partial charge is 0.490 e. The summed E-state index contributed by atoms with van der Waals surface area (Å²) in [6.07, 6.45) is -18.5. The molecule has 0 spiro atoms. The summed E-state index contributed by atoms with van der Waals surface area (Å²) in [6, 6.07) is -0.816. The zero-order valence-electron chi connectivity index (χ0n) is 60.8. The van der Waals surface area contributed by atoms with Crippen molar-refractivity contribution in [3.8, 4) is 0 Å². The van der Waals surface area contributed by atoms with Gasteiger partial charge in [-0.2, -0.15) is 26.3 Å². The first-order valence-electron chi connectivity index (χ1n) is 33.6. The normalized spacial score (nSPS) is 22.7. The number of nitrogens with two attached hydrogens (primary N) is 4. The number of aliphatic imine (C=N–C) groups is 1. The third-order valence-electron chi connectivity index (χ3n) is 15.9. The summed E-state index contributed by atoms with van der Waals surface area (Å²) in [5.41, 5.74) is 21.5. The topological polar surface area (TPSA) is 606 Å². The molecule has 2 aromatic rings. The average molecular weight is 1550 g/mol. The first kappa shape index (κ1) is 95.7. The molecule has 11 amide bonds. The van der Waals surface area contributed by atoms with Crippen LogP contribution < -0.4 is 76.1 Å². The minimum Gasteiger partial charge on any atom is -0.475 e.